The summed E-state index contributed by atoms with van der Waals surface area (Å²) >= 11 is 0. The SMILES string of the molecule is COCC(=O)c1c(NC(=O)c2ccc(N)cc2)cc(OC)cc1OC. The zero-order valence-electron chi connectivity index (χ0n) is 14.3. The van der Waals surface area contributed by atoms with Crippen molar-refractivity contribution in [2.45, 2.75) is 0 Å². The summed E-state index contributed by atoms with van der Waals surface area (Å²) in [6, 6.07) is 9.57. The van der Waals surface area contributed by atoms with Crippen molar-refractivity contribution in [1.29, 1.82) is 0 Å². The van der Waals surface area contributed by atoms with Crippen molar-refractivity contribution in [3.8, 4) is 11.5 Å². The van der Waals surface area contributed by atoms with Gasteiger partial charge in [0.05, 0.1) is 25.5 Å². The second-order valence-electron chi connectivity index (χ2n) is 5.18. The Hall–Kier alpha value is -3.06. The van der Waals surface area contributed by atoms with Crippen LogP contribution in [0.5, 0.6) is 11.5 Å². The molecule has 0 unspecified atom stereocenters. The van der Waals surface area contributed by atoms with Crippen LogP contribution in [-0.2, 0) is 4.74 Å². The highest BCUT2D eigenvalue weighted by atomic mass is 16.5. The molecule has 0 aliphatic heterocycles. The summed E-state index contributed by atoms with van der Waals surface area (Å²) in [5, 5.41) is 2.72. The fourth-order valence-electron chi connectivity index (χ4n) is 2.29. The number of Topliss-reactive ketones (excluding diaryl/α,β-unsaturated/α-hetero) is 1. The first-order chi connectivity index (χ1) is 12.0. The lowest BCUT2D eigenvalue weighted by Crippen LogP contribution is -2.17. The number of ketones is 1. The highest BCUT2D eigenvalue weighted by molar-refractivity contribution is 6.11. The number of ether oxygens (including phenoxy) is 3. The van der Waals surface area contributed by atoms with Crippen molar-refractivity contribution in [3.63, 3.8) is 0 Å². The number of benzene rings is 2. The van der Waals surface area contributed by atoms with Crippen LogP contribution >= 0.6 is 0 Å². The summed E-state index contributed by atoms with van der Waals surface area (Å²) in [7, 11) is 4.33. The molecular weight excluding hydrogens is 324 g/mol. The zero-order valence-corrected chi connectivity index (χ0v) is 14.3. The van der Waals surface area contributed by atoms with Gasteiger partial charge in [0.15, 0.2) is 5.78 Å². The van der Waals surface area contributed by atoms with Crippen LogP contribution in [0.1, 0.15) is 20.7 Å². The van der Waals surface area contributed by atoms with E-state index in [-0.39, 0.29) is 35.3 Å². The van der Waals surface area contributed by atoms with Crippen LogP contribution in [0.4, 0.5) is 11.4 Å². The van der Waals surface area contributed by atoms with Crippen molar-refractivity contribution in [2.75, 3.05) is 39.0 Å². The van der Waals surface area contributed by atoms with E-state index in [1.54, 1.807) is 36.4 Å². The molecule has 0 saturated heterocycles. The van der Waals surface area contributed by atoms with E-state index in [2.05, 4.69) is 5.32 Å². The highest BCUT2D eigenvalue weighted by Crippen LogP contribution is 2.33. The van der Waals surface area contributed by atoms with Crippen LogP contribution in [-0.4, -0.2) is 39.6 Å². The summed E-state index contributed by atoms with van der Waals surface area (Å²) in [4.78, 5) is 24.9. The van der Waals surface area contributed by atoms with E-state index in [1.165, 1.54) is 21.3 Å². The van der Waals surface area contributed by atoms with Crippen molar-refractivity contribution >= 4 is 23.1 Å². The van der Waals surface area contributed by atoms with Gasteiger partial charge >= 0.3 is 0 Å². The standard InChI is InChI=1S/C18H20N2O5/c1-23-10-15(21)17-14(8-13(24-2)9-16(17)25-3)20-18(22)11-4-6-12(19)7-5-11/h4-9H,10,19H2,1-3H3,(H,20,22). The van der Waals surface area contributed by atoms with E-state index in [9.17, 15) is 9.59 Å². The predicted molar refractivity (Wildman–Crippen MR) is 94.6 cm³/mol. The molecule has 3 N–H and O–H groups in total. The Labute approximate surface area is 145 Å². The lowest BCUT2D eigenvalue weighted by molar-refractivity contribution is 0.0846. The molecule has 0 saturated carbocycles. The van der Waals surface area contributed by atoms with Gasteiger partial charge < -0.3 is 25.3 Å². The molecule has 0 aliphatic rings. The number of hydrogen-bond donors (Lipinski definition) is 2. The molecule has 2 rings (SSSR count). The van der Waals surface area contributed by atoms with Crippen LogP contribution in [0.2, 0.25) is 0 Å². The topological polar surface area (TPSA) is 99.9 Å². The highest BCUT2D eigenvalue weighted by Gasteiger charge is 2.21. The van der Waals surface area contributed by atoms with Crippen molar-refractivity contribution < 1.29 is 23.8 Å². The summed E-state index contributed by atoms with van der Waals surface area (Å²) < 4.78 is 15.4. The summed E-state index contributed by atoms with van der Waals surface area (Å²) in [6.07, 6.45) is 0. The maximum atomic E-state index is 12.5. The largest absolute Gasteiger partial charge is 0.497 e. The summed E-state index contributed by atoms with van der Waals surface area (Å²) in [5.74, 6) is 0.0174. The first kappa shape index (κ1) is 18.3. The quantitative estimate of drug-likeness (QED) is 0.591. The van der Waals surface area contributed by atoms with E-state index in [4.69, 9.17) is 19.9 Å². The van der Waals surface area contributed by atoms with Gasteiger partial charge in [-0.15, -0.1) is 0 Å². The maximum Gasteiger partial charge on any atom is 0.255 e. The second kappa shape index (κ2) is 8.16. The molecule has 0 spiro atoms. The van der Waals surface area contributed by atoms with E-state index in [1.807, 2.05) is 0 Å². The molecule has 0 fully saturated rings. The third-order valence-electron chi connectivity index (χ3n) is 3.51. The van der Waals surface area contributed by atoms with E-state index in [0.29, 0.717) is 17.0 Å². The van der Waals surface area contributed by atoms with E-state index >= 15 is 0 Å². The van der Waals surface area contributed by atoms with Crippen LogP contribution in [0.25, 0.3) is 0 Å². The third-order valence-corrected chi connectivity index (χ3v) is 3.51. The van der Waals surface area contributed by atoms with E-state index < -0.39 is 0 Å². The minimum Gasteiger partial charge on any atom is -0.497 e. The van der Waals surface area contributed by atoms with Gasteiger partial charge in [-0.25, -0.2) is 0 Å². The van der Waals surface area contributed by atoms with Gasteiger partial charge in [0.25, 0.3) is 5.91 Å². The molecule has 0 atom stereocenters. The Morgan fingerprint density at radius 2 is 1.72 bits per heavy atom. The number of nitrogen functional groups attached to an aromatic ring is 1. The number of carbonyl (C=O) groups is 2. The number of methoxy groups -OCH3 is 3. The Morgan fingerprint density at radius 3 is 2.28 bits per heavy atom. The number of carbonyl (C=O) groups excluding carboxylic acids is 2. The fourth-order valence-corrected chi connectivity index (χ4v) is 2.29. The summed E-state index contributed by atoms with van der Waals surface area (Å²) in [6.45, 7) is -0.145. The van der Waals surface area contributed by atoms with Gasteiger partial charge in [0.1, 0.15) is 18.1 Å². The van der Waals surface area contributed by atoms with Crippen molar-refractivity contribution in [2.24, 2.45) is 0 Å². The van der Waals surface area contributed by atoms with Crippen LogP contribution in [0, 0.1) is 0 Å². The van der Waals surface area contributed by atoms with E-state index in [0.717, 1.165) is 0 Å². The molecular formula is C18H20N2O5. The second-order valence-corrected chi connectivity index (χ2v) is 5.18. The molecule has 0 bridgehead atoms. The third kappa shape index (κ3) is 4.27. The van der Waals surface area contributed by atoms with Gasteiger partial charge in [-0.2, -0.15) is 0 Å². The minimum absolute atomic E-state index is 0.145. The monoisotopic (exact) mass is 344 g/mol. The van der Waals surface area contributed by atoms with Gasteiger partial charge in [-0.05, 0) is 24.3 Å². The van der Waals surface area contributed by atoms with Crippen LogP contribution < -0.4 is 20.5 Å². The number of anilines is 2. The normalized spacial score (nSPS) is 10.2. The molecule has 2 aromatic rings. The number of hydrogen-bond acceptors (Lipinski definition) is 6. The molecule has 7 nitrogen and oxygen atoms in total. The Kier molecular flexibility index (Phi) is 5.97. The lowest BCUT2D eigenvalue weighted by atomic mass is 10.1. The minimum atomic E-state index is -0.387. The predicted octanol–water partition coefficient (Wildman–Crippen LogP) is 2.37. The fraction of sp³-hybridized carbons (Fsp3) is 0.222. The molecule has 2 aromatic carbocycles. The molecule has 0 radical (unpaired) electrons. The molecule has 0 aliphatic carbocycles. The molecule has 7 heteroatoms. The molecule has 25 heavy (non-hydrogen) atoms. The average molecular weight is 344 g/mol. The average Bonchev–Trinajstić information content (AvgIpc) is 2.61. The lowest BCUT2D eigenvalue weighted by Gasteiger charge is -2.16. The molecule has 132 valence electrons. The van der Waals surface area contributed by atoms with Gasteiger partial charge in [-0.1, -0.05) is 0 Å². The smallest absolute Gasteiger partial charge is 0.255 e. The number of amides is 1. The molecule has 0 heterocycles. The maximum absolute atomic E-state index is 12.5. The van der Waals surface area contributed by atoms with Gasteiger partial charge in [-0.3, -0.25) is 9.59 Å². The Morgan fingerprint density at radius 1 is 1.04 bits per heavy atom. The zero-order chi connectivity index (χ0) is 18.4. The number of rotatable bonds is 7. The van der Waals surface area contributed by atoms with Gasteiger partial charge in [0.2, 0.25) is 0 Å². The van der Waals surface area contributed by atoms with Gasteiger partial charge in [0, 0.05) is 30.5 Å². The summed E-state index contributed by atoms with van der Waals surface area (Å²) in [5.41, 5.74) is 7.08. The number of nitrogens with two attached hydrogens (primary N) is 1. The molecule has 0 aromatic heterocycles. The van der Waals surface area contributed by atoms with Crippen molar-refractivity contribution in [1.82, 2.24) is 0 Å². The van der Waals surface area contributed by atoms with Crippen LogP contribution in [0.15, 0.2) is 36.4 Å². The van der Waals surface area contributed by atoms with Crippen LogP contribution in [0.3, 0.4) is 0 Å². The Balaban J connectivity index is 2.44. The Bertz CT molecular complexity index is 772. The first-order valence-corrected chi connectivity index (χ1v) is 7.45. The molecule has 1 amide bonds. The first-order valence-electron chi connectivity index (χ1n) is 7.45. The van der Waals surface area contributed by atoms with Crippen molar-refractivity contribution in [3.05, 3.63) is 47.5 Å². The number of nitrogens with one attached hydrogen (secondary N) is 1.